The van der Waals surface area contributed by atoms with Gasteiger partial charge >= 0.3 is 6.03 Å². The van der Waals surface area contributed by atoms with Gasteiger partial charge in [0.2, 0.25) is 0 Å². The molecule has 0 aromatic rings. The molecule has 2 saturated carbocycles. The topological polar surface area (TPSA) is 61.4 Å². The summed E-state index contributed by atoms with van der Waals surface area (Å²) in [6, 6.07) is 0.210. The zero-order chi connectivity index (χ0) is 14.6. The van der Waals surface area contributed by atoms with Crippen molar-refractivity contribution >= 4 is 6.03 Å². The van der Waals surface area contributed by atoms with Gasteiger partial charge in [0.05, 0.1) is 6.10 Å². The van der Waals surface area contributed by atoms with Crippen LogP contribution in [0.15, 0.2) is 0 Å². The smallest absolute Gasteiger partial charge is 0.315 e. The van der Waals surface area contributed by atoms with Crippen LogP contribution in [0.25, 0.3) is 0 Å². The van der Waals surface area contributed by atoms with Gasteiger partial charge in [-0.15, -0.1) is 0 Å². The first kappa shape index (κ1) is 15.6. The minimum absolute atomic E-state index is 0.0265. The third kappa shape index (κ3) is 4.37. The van der Waals surface area contributed by atoms with E-state index in [1.807, 2.05) is 0 Å². The third-order valence-electron chi connectivity index (χ3n) is 4.91. The maximum absolute atomic E-state index is 12.0. The van der Waals surface area contributed by atoms with Crippen molar-refractivity contribution in [1.29, 1.82) is 0 Å². The molecule has 0 radical (unpaired) electrons. The molecule has 0 aromatic carbocycles. The van der Waals surface area contributed by atoms with E-state index in [2.05, 4.69) is 24.5 Å². The second kappa shape index (κ2) is 6.79. The third-order valence-corrected chi connectivity index (χ3v) is 4.91. The highest BCUT2D eigenvalue weighted by Gasteiger charge is 2.37. The average molecular weight is 282 g/mol. The predicted molar refractivity (Wildman–Crippen MR) is 80.5 cm³/mol. The number of amides is 2. The first-order chi connectivity index (χ1) is 9.49. The monoisotopic (exact) mass is 282 g/mol. The number of rotatable bonds is 5. The summed E-state index contributed by atoms with van der Waals surface area (Å²) in [6.45, 7) is 5.33. The first-order valence-corrected chi connectivity index (χ1v) is 8.21. The van der Waals surface area contributed by atoms with Gasteiger partial charge in [-0.3, -0.25) is 0 Å². The largest absolute Gasteiger partial charge is 0.393 e. The van der Waals surface area contributed by atoms with Gasteiger partial charge in [-0.05, 0) is 56.3 Å². The highest BCUT2D eigenvalue weighted by molar-refractivity contribution is 5.74. The fourth-order valence-corrected chi connectivity index (χ4v) is 3.72. The summed E-state index contributed by atoms with van der Waals surface area (Å²) >= 11 is 0. The fourth-order valence-electron chi connectivity index (χ4n) is 3.72. The van der Waals surface area contributed by atoms with Gasteiger partial charge in [0.1, 0.15) is 0 Å². The molecule has 2 fully saturated rings. The van der Waals surface area contributed by atoms with Gasteiger partial charge in [0, 0.05) is 12.6 Å². The van der Waals surface area contributed by atoms with Gasteiger partial charge in [-0.25, -0.2) is 4.79 Å². The lowest BCUT2D eigenvalue weighted by Crippen LogP contribution is -2.49. The van der Waals surface area contributed by atoms with Crippen LogP contribution in [0.4, 0.5) is 4.79 Å². The molecule has 4 nitrogen and oxygen atoms in total. The summed E-state index contributed by atoms with van der Waals surface area (Å²) in [6.07, 6.45) is 8.25. The molecule has 0 atom stereocenters. The molecule has 0 unspecified atom stereocenters. The Labute approximate surface area is 122 Å². The van der Waals surface area contributed by atoms with Gasteiger partial charge in [0.25, 0.3) is 0 Å². The molecule has 0 aliphatic heterocycles. The van der Waals surface area contributed by atoms with E-state index in [1.54, 1.807) is 0 Å². The Kier molecular flexibility index (Phi) is 5.30. The minimum Gasteiger partial charge on any atom is -0.393 e. The van der Waals surface area contributed by atoms with Crippen molar-refractivity contribution in [2.24, 2.45) is 11.3 Å². The number of hydrogen-bond donors (Lipinski definition) is 3. The first-order valence-electron chi connectivity index (χ1n) is 8.21. The minimum atomic E-state index is -0.166. The highest BCUT2D eigenvalue weighted by atomic mass is 16.3. The molecule has 2 aliphatic carbocycles. The van der Waals surface area contributed by atoms with Crippen LogP contribution < -0.4 is 10.6 Å². The Morgan fingerprint density at radius 2 is 1.90 bits per heavy atom. The number of aliphatic hydroxyl groups is 1. The molecule has 0 aromatic heterocycles. The summed E-state index contributed by atoms with van der Waals surface area (Å²) in [5.41, 5.74) is 0.355. The van der Waals surface area contributed by atoms with Crippen molar-refractivity contribution in [3.63, 3.8) is 0 Å². The van der Waals surface area contributed by atoms with E-state index in [0.717, 1.165) is 32.2 Å². The van der Waals surface area contributed by atoms with Gasteiger partial charge in [0.15, 0.2) is 0 Å². The Morgan fingerprint density at radius 3 is 2.40 bits per heavy atom. The van der Waals surface area contributed by atoms with E-state index in [1.165, 1.54) is 25.7 Å². The molecule has 0 saturated heterocycles. The van der Waals surface area contributed by atoms with E-state index in [-0.39, 0.29) is 18.2 Å². The van der Waals surface area contributed by atoms with Crippen molar-refractivity contribution in [1.82, 2.24) is 10.6 Å². The predicted octanol–water partition coefficient (Wildman–Crippen LogP) is 2.81. The quantitative estimate of drug-likeness (QED) is 0.726. The highest BCUT2D eigenvalue weighted by Crippen LogP contribution is 2.45. The summed E-state index contributed by atoms with van der Waals surface area (Å²) in [5.74, 6) is 0.694. The summed E-state index contributed by atoms with van der Waals surface area (Å²) in [4.78, 5) is 12.0. The SMILES string of the molecule is CC(C)CC1(CNC(=O)NC2CCC(O)CC2)CCC1. The van der Waals surface area contributed by atoms with Crippen molar-refractivity contribution in [2.75, 3.05) is 6.54 Å². The fraction of sp³-hybridized carbons (Fsp3) is 0.938. The molecule has 2 rings (SSSR count). The number of nitrogens with one attached hydrogen (secondary N) is 2. The zero-order valence-electron chi connectivity index (χ0n) is 13.0. The lowest BCUT2D eigenvalue weighted by atomic mass is 9.64. The van der Waals surface area contributed by atoms with Crippen LogP contribution >= 0.6 is 0 Å². The van der Waals surface area contributed by atoms with Crippen LogP contribution in [0.5, 0.6) is 0 Å². The van der Waals surface area contributed by atoms with Crippen molar-refractivity contribution in [2.45, 2.75) is 77.4 Å². The number of aliphatic hydroxyl groups excluding tert-OH is 1. The van der Waals surface area contributed by atoms with Crippen LogP contribution in [0.3, 0.4) is 0 Å². The lowest BCUT2D eigenvalue weighted by molar-refractivity contribution is 0.0988. The molecular formula is C16H30N2O2. The van der Waals surface area contributed by atoms with E-state index < -0.39 is 0 Å². The molecule has 3 N–H and O–H groups in total. The summed E-state index contributed by atoms with van der Waals surface area (Å²) in [7, 11) is 0. The van der Waals surface area contributed by atoms with Crippen LogP contribution in [-0.4, -0.2) is 29.8 Å². The van der Waals surface area contributed by atoms with Crippen molar-refractivity contribution in [3.05, 3.63) is 0 Å². The normalized spacial score (nSPS) is 28.8. The van der Waals surface area contributed by atoms with Crippen molar-refractivity contribution in [3.8, 4) is 0 Å². The molecule has 2 amide bonds. The Balaban J connectivity index is 1.69. The van der Waals surface area contributed by atoms with E-state index in [0.29, 0.717) is 11.3 Å². The van der Waals surface area contributed by atoms with Crippen LogP contribution in [-0.2, 0) is 0 Å². The number of carbonyl (C=O) groups excluding carboxylic acids is 1. The van der Waals surface area contributed by atoms with E-state index in [9.17, 15) is 9.90 Å². The summed E-state index contributed by atoms with van der Waals surface area (Å²) < 4.78 is 0. The number of urea groups is 1. The molecule has 4 heteroatoms. The molecule has 2 aliphatic rings. The van der Waals surface area contributed by atoms with Gasteiger partial charge in [-0.1, -0.05) is 20.3 Å². The maximum Gasteiger partial charge on any atom is 0.315 e. The number of hydrogen-bond acceptors (Lipinski definition) is 2. The van der Waals surface area contributed by atoms with Crippen LogP contribution in [0.2, 0.25) is 0 Å². The molecule has 116 valence electrons. The molecule has 0 spiro atoms. The van der Waals surface area contributed by atoms with Crippen LogP contribution in [0.1, 0.15) is 65.2 Å². The Bertz CT molecular complexity index is 318. The summed E-state index contributed by atoms with van der Waals surface area (Å²) in [5, 5.41) is 15.6. The van der Waals surface area contributed by atoms with Gasteiger partial charge < -0.3 is 15.7 Å². The average Bonchev–Trinajstić information content (AvgIpc) is 2.35. The molecule has 0 heterocycles. The van der Waals surface area contributed by atoms with Gasteiger partial charge in [-0.2, -0.15) is 0 Å². The zero-order valence-corrected chi connectivity index (χ0v) is 13.0. The van der Waals surface area contributed by atoms with E-state index in [4.69, 9.17) is 0 Å². The standard InChI is InChI=1S/C16H30N2O2/c1-12(2)10-16(8-3-9-16)11-17-15(20)18-13-4-6-14(19)7-5-13/h12-14,19H,3-11H2,1-2H3,(H2,17,18,20). The van der Waals surface area contributed by atoms with E-state index >= 15 is 0 Å². The molecular weight excluding hydrogens is 252 g/mol. The Morgan fingerprint density at radius 1 is 1.25 bits per heavy atom. The van der Waals surface area contributed by atoms with Crippen LogP contribution in [0, 0.1) is 11.3 Å². The second-order valence-electron chi connectivity index (χ2n) is 7.28. The molecule has 20 heavy (non-hydrogen) atoms. The maximum atomic E-state index is 12.0. The number of carbonyl (C=O) groups is 1. The molecule has 0 bridgehead atoms. The Hall–Kier alpha value is -0.770. The van der Waals surface area contributed by atoms with Crippen molar-refractivity contribution < 1.29 is 9.90 Å². The lowest BCUT2D eigenvalue weighted by Gasteiger charge is -2.43. The second-order valence-corrected chi connectivity index (χ2v) is 7.28.